The zero-order chi connectivity index (χ0) is 19.2. The van der Waals surface area contributed by atoms with Crippen LogP contribution < -0.4 is 15.0 Å². The van der Waals surface area contributed by atoms with Gasteiger partial charge < -0.3 is 19.9 Å². The molecule has 1 fully saturated rings. The molecule has 0 unspecified atom stereocenters. The van der Waals surface area contributed by atoms with Crippen LogP contribution in [-0.2, 0) is 4.79 Å². The molecule has 2 aromatic rings. The first-order chi connectivity index (χ1) is 13.0. The molecule has 0 spiro atoms. The molecule has 7 heteroatoms. The fourth-order valence-corrected chi connectivity index (χ4v) is 2.99. The van der Waals surface area contributed by atoms with Crippen molar-refractivity contribution in [2.45, 2.75) is 12.8 Å². The van der Waals surface area contributed by atoms with Crippen molar-refractivity contribution in [1.82, 2.24) is 4.90 Å². The lowest BCUT2D eigenvalue weighted by Gasteiger charge is -2.22. The van der Waals surface area contributed by atoms with Crippen molar-refractivity contribution < 1.29 is 14.3 Å². The summed E-state index contributed by atoms with van der Waals surface area (Å²) in [6.45, 7) is 1.45. The van der Waals surface area contributed by atoms with E-state index in [-0.39, 0.29) is 11.9 Å². The van der Waals surface area contributed by atoms with Gasteiger partial charge in [-0.25, -0.2) is 4.79 Å². The van der Waals surface area contributed by atoms with E-state index in [0.29, 0.717) is 42.6 Å². The van der Waals surface area contributed by atoms with Gasteiger partial charge in [-0.05, 0) is 42.8 Å². The molecule has 0 radical (unpaired) electrons. The Morgan fingerprint density at radius 2 is 1.96 bits per heavy atom. The molecule has 1 heterocycles. The maximum atomic E-state index is 12.5. The van der Waals surface area contributed by atoms with E-state index < -0.39 is 0 Å². The Bertz CT molecular complexity index is 810. The van der Waals surface area contributed by atoms with E-state index in [0.717, 1.165) is 12.1 Å². The number of amides is 3. The van der Waals surface area contributed by atoms with Gasteiger partial charge in [0.15, 0.2) is 0 Å². The second kappa shape index (κ2) is 8.77. The van der Waals surface area contributed by atoms with Gasteiger partial charge in [0.05, 0.1) is 17.9 Å². The molecule has 0 aliphatic carbocycles. The van der Waals surface area contributed by atoms with E-state index in [1.165, 1.54) is 0 Å². The first kappa shape index (κ1) is 19.0. The number of nitrogens with zero attached hydrogens (tertiary/aromatic N) is 2. The quantitative estimate of drug-likeness (QED) is 0.814. The summed E-state index contributed by atoms with van der Waals surface area (Å²) in [5, 5.41) is 3.53. The molecule has 0 bridgehead atoms. The van der Waals surface area contributed by atoms with Gasteiger partial charge in [0.2, 0.25) is 5.91 Å². The summed E-state index contributed by atoms with van der Waals surface area (Å²) in [6.07, 6.45) is 1.38. The number of urea groups is 1. The average Bonchev–Trinajstić information content (AvgIpc) is 3.09. The summed E-state index contributed by atoms with van der Waals surface area (Å²) in [5.41, 5.74) is 1.36. The Morgan fingerprint density at radius 1 is 1.22 bits per heavy atom. The van der Waals surface area contributed by atoms with Gasteiger partial charge >= 0.3 is 6.03 Å². The Hall–Kier alpha value is -2.73. The molecular weight excluding hydrogens is 366 g/mol. The van der Waals surface area contributed by atoms with E-state index in [2.05, 4.69) is 5.32 Å². The Labute approximate surface area is 163 Å². The molecule has 6 nitrogen and oxygen atoms in total. The number of ether oxygens (including phenoxy) is 1. The second-order valence-corrected chi connectivity index (χ2v) is 6.76. The summed E-state index contributed by atoms with van der Waals surface area (Å²) in [6, 6.07) is 14.2. The van der Waals surface area contributed by atoms with E-state index in [4.69, 9.17) is 16.3 Å². The van der Waals surface area contributed by atoms with Crippen LogP contribution in [-0.4, -0.2) is 43.6 Å². The van der Waals surface area contributed by atoms with Crippen LogP contribution in [0.25, 0.3) is 0 Å². The number of carbonyl (C=O) groups is 2. The minimum Gasteiger partial charge on any atom is -0.492 e. The Morgan fingerprint density at radius 3 is 2.67 bits per heavy atom. The number of para-hydroxylation sites is 2. The van der Waals surface area contributed by atoms with Crippen LogP contribution in [0.2, 0.25) is 5.02 Å². The highest BCUT2D eigenvalue weighted by Crippen LogP contribution is 2.29. The van der Waals surface area contributed by atoms with Crippen molar-refractivity contribution in [3.8, 4) is 5.75 Å². The van der Waals surface area contributed by atoms with E-state index >= 15 is 0 Å². The highest BCUT2D eigenvalue weighted by molar-refractivity contribution is 6.30. The van der Waals surface area contributed by atoms with Crippen molar-refractivity contribution >= 4 is 34.9 Å². The molecule has 1 saturated heterocycles. The third-order valence-electron chi connectivity index (χ3n) is 4.37. The van der Waals surface area contributed by atoms with E-state index in [1.807, 2.05) is 18.2 Å². The SMILES string of the molecule is CN(CCOc1ccc(Cl)cc1)C(=O)Nc1ccccc1N1CCCC1=O. The van der Waals surface area contributed by atoms with Crippen LogP contribution in [0.5, 0.6) is 5.75 Å². The predicted molar refractivity (Wildman–Crippen MR) is 107 cm³/mol. The maximum absolute atomic E-state index is 12.5. The molecule has 0 aromatic heterocycles. The zero-order valence-electron chi connectivity index (χ0n) is 15.2. The predicted octanol–water partition coefficient (Wildman–Crippen LogP) is 4.01. The Kier molecular flexibility index (Phi) is 6.19. The number of hydrogen-bond donors (Lipinski definition) is 1. The second-order valence-electron chi connectivity index (χ2n) is 6.32. The molecule has 1 N–H and O–H groups in total. The van der Waals surface area contributed by atoms with Crippen molar-refractivity contribution in [2.75, 3.05) is 37.0 Å². The number of halogens is 1. The summed E-state index contributed by atoms with van der Waals surface area (Å²) in [7, 11) is 1.70. The summed E-state index contributed by atoms with van der Waals surface area (Å²) < 4.78 is 5.62. The molecule has 3 amide bonds. The third kappa shape index (κ3) is 4.92. The molecule has 0 saturated carbocycles. The lowest BCUT2D eigenvalue weighted by atomic mass is 10.2. The number of benzene rings is 2. The molecular formula is C20H22ClN3O3. The van der Waals surface area contributed by atoms with Crippen LogP contribution in [0.4, 0.5) is 16.2 Å². The smallest absolute Gasteiger partial charge is 0.321 e. The fraction of sp³-hybridized carbons (Fsp3) is 0.300. The standard InChI is InChI=1S/C20H22ClN3O3/c1-23(13-14-27-16-10-8-15(21)9-11-16)20(26)22-17-5-2-3-6-18(17)24-12-4-7-19(24)25/h2-3,5-6,8-11H,4,7,12-14H2,1H3,(H,22,26). The van der Waals surface area contributed by atoms with Crippen molar-refractivity contribution in [2.24, 2.45) is 0 Å². The lowest BCUT2D eigenvalue weighted by molar-refractivity contribution is -0.117. The van der Waals surface area contributed by atoms with Gasteiger partial charge in [-0.15, -0.1) is 0 Å². The number of hydrogen-bond acceptors (Lipinski definition) is 3. The molecule has 1 aliphatic rings. The third-order valence-corrected chi connectivity index (χ3v) is 4.62. The van der Waals surface area contributed by atoms with E-state index in [9.17, 15) is 9.59 Å². The van der Waals surface area contributed by atoms with Crippen LogP contribution in [0, 0.1) is 0 Å². The van der Waals surface area contributed by atoms with Gasteiger partial charge in [-0.3, -0.25) is 4.79 Å². The molecule has 3 rings (SSSR count). The van der Waals surface area contributed by atoms with Crippen molar-refractivity contribution in [3.63, 3.8) is 0 Å². The molecule has 27 heavy (non-hydrogen) atoms. The van der Waals surface area contributed by atoms with Crippen LogP contribution in [0.3, 0.4) is 0 Å². The fourth-order valence-electron chi connectivity index (χ4n) is 2.86. The van der Waals surface area contributed by atoms with Gasteiger partial charge in [0.25, 0.3) is 0 Å². The topological polar surface area (TPSA) is 61.9 Å². The Balaban J connectivity index is 1.55. The lowest BCUT2D eigenvalue weighted by Crippen LogP contribution is -2.35. The number of carbonyl (C=O) groups excluding carboxylic acids is 2. The first-order valence-electron chi connectivity index (χ1n) is 8.84. The summed E-state index contributed by atoms with van der Waals surface area (Å²) in [5.74, 6) is 0.785. The first-order valence-corrected chi connectivity index (χ1v) is 9.22. The van der Waals surface area contributed by atoms with Crippen LogP contribution in [0.15, 0.2) is 48.5 Å². The van der Waals surface area contributed by atoms with Crippen molar-refractivity contribution in [3.05, 3.63) is 53.6 Å². The van der Waals surface area contributed by atoms with Gasteiger partial charge in [0, 0.05) is 25.0 Å². The average molecular weight is 388 g/mol. The van der Waals surface area contributed by atoms with Crippen LogP contribution >= 0.6 is 11.6 Å². The minimum atomic E-state index is -0.256. The van der Waals surface area contributed by atoms with Gasteiger partial charge in [0.1, 0.15) is 12.4 Å². The maximum Gasteiger partial charge on any atom is 0.321 e. The largest absolute Gasteiger partial charge is 0.492 e. The summed E-state index contributed by atoms with van der Waals surface area (Å²) in [4.78, 5) is 27.8. The normalized spacial score (nSPS) is 13.6. The van der Waals surface area contributed by atoms with Crippen molar-refractivity contribution in [1.29, 1.82) is 0 Å². The zero-order valence-corrected chi connectivity index (χ0v) is 15.9. The number of rotatable bonds is 6. The minimum absolute atomic E-state index is 0.0846. The molecule has 2 aromatic carbocycles. The van der Waals surface area contributed by atoms with E-state index in [1.54, 1.807) is 47.2 Å². The number of nitrogens with one attached hydrogen (secondary N) is 1. The molecule has 142 valence electrons. The molecule has 0 atom stereocenters. The van der Waals surface area contributed by atoms with Crippen LogP contribution in [0.1, 0.15) is 12.8 Å². The monoisotopic (exact) mass is 387 g/mol. The summed E-state index contributed by atoms with van der Waals surface area (Å²) >= 11 is 5.84. The number of anilines is 2. The van der Waals surface area contributed by atoms with Gasteiger partial charge in [-0.2, -0.15) is 0 Å². The number of likely N-dealkylation sites (N-methyl/N-ethyl adjacent to an activating group) is 1. The van der Waals surface area contributed by atoms with Gasteiger partial charge in [-0.1, -0.05) is 23.7 Å². The highest BCUT2D eigenvalue weighted by atomic mass is 35.5. The molecule has 1 aliphatic heterocycles. The highest BCUT2D eigenvalue weighted by Gasteiger charge is 2.24.